The molecule has 0 bridgehead atoms. The largest absolute Gasteiger partial charge is 0.317 e. The molecule has 1 saturated heterocycles. The Labute approximate surface area is 151 Å². The van der Waals surface area contributed by atoms with Crippen molar-refractivity contribution >= 4 is 45.1 Å². The number of hydrogen-bond donors (Lipinski definition) is 1. The zero-order valence-electron chi connectivity index (χ0n) is 13.0. The molecule has 0 saturated carbocycles. The molecule has 2 aromatic rings. The maximum atomic E-state index is 12.7. The van der Waals surface area contributed by atoms with Crippen molar-refractivity contribution in [3.05, 3.63) is 22.5 Å². The summed E-state index contributed by atoms with van der Waals surface area (Å²) < 4.78 is 27.5. The van der Waals surface area contributed by atoms with Crippen LogP contribution in [0.5, 0.6) is 0 Å². The van der Waals surface area contributed by atoms with Gasteiger partial charge in [-0.2, -0.15) is 4.31 Å². The van der Waals surface area contributed by atoms with Crippen LogP contribution in [0.4, 0.5) is 0 Å². The van der Waals surface area contributed by atoms with Gasteiger partial charge in [-0.1, -0.05) is 0 Å². The summed E-state index contributed by atoms with van der Waals surface area (Å²) in [7, 11) is -1.45. The van der Waals surface area contributed by atoms with Crippen LogP contribution in [-0.2, 0) is 10.0 Å². The van der Waals surface area contributed by atoms with Crippen molar-refractivity contribution in [3.8, 4) is 10.6 Å². The maximum absolute atomic E-state index is 12.7. The van der Waals surface area contributed by atoms with Gasteiger partial charge in [0.15, 0.2) is 0 Å². The molecule has 1 fully saturated rings. The summed E-state index contributed by atoms with van der Waals surface area (Å²) in [5, 5.41) is 6.17. The smallest absolute Gasteiger partial charge is 0.252 e. The Kier molecular flexibility index (Phi) is 6.21. The molecule has 0 unspecified atom stereocenters. The minimum atomic E-state index is -3.37. The van der Waals surface area contributed by atoms with Crippen LogP contribution in [0.25, 0.3) is 10.6 Å². The lowest BCUT2D eigenvalue weighted by Gasteiger charge is -2.30. The Morgan fingerprint density at radius 1 is 1.30 bits per heavy atom. The molecule has 0 aromatic carbocycles. The third-order valence-corrected chi connectivity index (χ3v) is 8.16. The molecule has 0 radical (unpaired) electrons. The standard InChI is InChI=1S/C14H19N3O2S3.ClH/c1-10-16-12(9-20-10)13-3-4-14(21-13)22(18,19)17-7-5-11(15-2)6-8-17;/h3-4,9,11,15H,5-8H2,1-2H3;1H. The predicted molar refractivity (Wildman–Crippen MR) is 98.3 cm³/mol. The van der Waals surface area contributed by atoms with Crippen molar-refractivity contribution in [1.29, 1.82) is 0 Å². The van der Waals surface area contributed by atoms with Gasteiger partial charge >= 0.3 is 0 Å². The molecule has 5 nitrogen and oxygen atoms in total. The maximum Gasteiger partial charge on any atom is 0.252 e. The quantitative estimate of drug-likeness (QED) is 0.867. The number of thiazole rings is 1. The van der Waals surface area contributed by atoms with Crippen molar-refractivity contribution in [2.75, 3.05) is 20.1 Å². The van der Waals surface area contributed by atoms with E-state index >= 15 is 0 Å². The van der Waals surface area contributed by atoms with Gasteiger partial charge in [0.25, 0.3) is 10.0 Å². The van der Waals surface area contributed by atoms with Gasteiger partial charge in [-0.25, -0.2) is 13.4 Å². The number of nitrogens with one attached hydrogen (secondary N) is 1. The van der Waals surface area contributed by atoms with Gasteiger partial charge in [0.05, 0.1) is 15.6 Å². The van der Waals surface area contributed by atoms with E-state index < -0.39 is 10.0 Å². The highest BCUT2D eigenvalue weighted by Gasteiger charge is 2.30. The highest BCUT2D eigenvalue weighted by molar-refractivity contribution is 7.91. The van der Waals surface area contributed by atoms with Crippen LogP contribution < -0.4 is 5.32 Å². The number of hydrogen-bond acceptors (Lipinski definition) is 6. The molecule has 128 valence electrons. The number of aromatic nitrogens is 1. The van der Waals surface area contributed by atoms with Crippen molar-refractivity contribution in [1.82, 2.24) is 14.6 Å². The molecule has 2 aromatic heterocycles. The van der Waals surface area contributed by atoms with Gasteiger partial charge in [0.2, 0.25) is 0 Å². The third-order valence-electron chi connectivity index (χ3n) is 3.91. The van der Waals surface area contributed by atoms with E-state index in [1.807, 2.05) is 25.4 Å². The molecular formula is C14H20ClN3O2S3. The van der Waals surface area contributed by atoms with E-state index in [9.17, 15) is 8.42 Å². The number of piperidine rings is 1. The van der Waals surface area contributed by atoms with E-state index in [0.717, 1.165) is 28.4 Å². The molecule has 9 heteroatoms. The van der Waals surface area contributed by atoms with Gasteiger partial charge < -0.3 is 5.32 Å². The van der Waals surface area contributed by atoms with E-state index in [-0.39, 0.29) is 12.4 Å². The van der Waals surface area contributed by atoms with E-state index in [2.05, 4.69) is 10.3 Å². The highest BCUT2D eigenvalue weighted by atomic mass is 35.5. The van der Waals surface area contributed by atoms with Gasteiger partial charge in [-0.15, -0.1) is 35.1 Å². The summed E-state index contributed by atoms with van der Waals surface area (Å²) in [5.74, 6) is 0. The average Bonchev–Trinajstić information content (AvgIpc) is 3.16. The Balaban J connectivity index is 0.00000192. The van der Waals surface area contributed by atoms with Crippen molar-refractivity contribution in [2.24, 2.45) is 0 Å². The molecule has 3 rings (SSSR count). The van der Waals surface area contributed by atoms with E-state index in [1.165, 1.54) is 11.3 Å². The van der Waals surface area contributed by atoms with Gasteiger partial charge in [0.1, 0.15) is 4.21 Å². The fourth-order valence-corrected chi connectivity index (χ4v) is 6.16. The SMILES string of the molecule is CNC1CCN(S(=O)(=O)c2ccc(-c3csc(C)n3)s2)CC1.Cl. The first-order valence-electron chi connectivity index (χ1n) is 7.20. The monoisotopic (exact) mass is 393 g/mol. The topological polar surface area (TPSA) is 62.3 Å². The first-order valence-corrected chi connectivity index (χ1v) is 10.3. The van der Waals surface area contributed by atoms with Gasteiger partial charge in [-0.05, 0) is 38.9 Å². The van der Waals surface area contributed by atoms with Crippen LogP contribution in [0, 0.1) is 6.92 Å². The number of nitrogens with zero attached hydrogens (tertiary/aromatic N) is 2. The minimum absolute atomic E-state index is 0. The molecule has 0 atom stereocenters. The van der Waals surface area contributed by atoms with Crippen LogP contribution in [-0.4, -0.2) is 43.9 Å². The lowest BCUT2D eigenvalue weighted by atomic mass is 10.1. The van der Waals surface area contributed by atoms with Crippen molar-refractivity contribution in [3.63, 3.8) is 0 Å². The zero-order chi connectivity index (χ0) is 15.7. The lowest BCUT2D eigenvalue weighted by molar-refractivity contribution is 0.299. The van der Waals surface area contributed by atoms with E-state index in [4.69, 9.17) is 0 Å². The Hall–Kier alpha value is -0.510. The minimum Gasteiger partial charge on any atom is -0.317 e. The molecule has 0 aliphatic carbocycles. The Morgan fingerprint density at radius 2 is 2.00 bits per heavy atom. The van der Waals surface area contributed by atoms with Gasteiger partial charge in [0, 0.05) is 24.5 Å². The fourth-order valence-electron chi connectivity index (χ4n) is 2.59. The summed E-state index contributed by atoms with van der Waals surface area (Å²) in [6.07, 6.45) is 1.72. The molecule has 3 heterocycles. The normalized spacial score (nSPS) is 17.1. The third kappa shape index (κ3) is 3.94. The van der Waals surface area contributed by atoms with E-state index in [0.29, 0.717) is 23.3 Å². The summed E-state index contributed by atoms with van der Waals surface area (Å²) >= 11 is 2.88. The lowest BCUT2D eigenvalue weighted by Crippen LogP contribution is -2.43. The summed E-state index contributed by atoms with van der Waals surface area (Å²) in [6.45, 7) is 3.11. The summed E-state index contributed by atoms with van der Waals surface area (Å²) in [5.41, 5.74) is 0.864. The number of sulfonamides is 1. The molecule has 23 heavy (non-hydrogen) atoms. The van der Waals surface area contributed by atoms with Gasteiger partial charge in [-0.3, -0.25) is 0 Å². The molecule has 0 spiro atoms. The summed E-state index contributed by atoms with van der Waals surface area (Å²) in [6, 6.07) is 3.98. The second-order valence-corrected chi connectivity index (χ2v) is 9.65. The number of thiophene rings is 1. The average molecular weight is 394 g/mol. The molecule has 1 aliphatic heterocycles. The Morgan fingerprint density at radius 3 is 2.57 bits per heavy atom. The second-order valence-electron chi connectivity index (χ2n) is 5.34. The first-order chi connectivity index (χ1) is 10.5. The highest BCUT2D eigenvalue weighted by Crippen LogP contribution is 2.33. The van der Waals surface area contributed by atoms with Crippen LogP contribution in [0.15, 0.2) is 21.7 Å². The predicted octanol–water partition coefficient (Wildman–Crippen LogP) is 2.97. The zero-order valence-corrected chi connectivity index (χ0v) is 16.2. The fraction of sp³-hybridized carbons (Fsp3) is 0.500. The van der Waals surface area contributed by atoms with Crippen LogP contribution in [0.1, 0.15) is 17.8 Å². The molecule has 1 N–H and O–H groups in total. The molecule has 1 aliphatic rings. The van der Waals surface area contributed by atoms with Crippen LogP contribution >= 0.6 is 35.1 Å². The second kappa shape index (κ2) is 7.58. The van der Waals surface area contributed by atoms with Crippen molar-refractivity contribution in [2.45, 2.75) is 30.0 Å². The number of halogens is 1. The Bertz CT molecular complexity index is 749. The van der Waals surface area contributed by atoms with Crippen LogP contribution in [0.3, 0.4) is 0 Å². The van der Waals surface area contributed by atoms with E-state index in [1.54, 1.807) is 21.7 Å². The number of rotatable bonds is 4. The molecule has 0 amide bonds. The summed E-state index contributed by atoms with van der Waals surface area (Å²) in [4.78, 5) is 5.33. The van der Waals surface area contributed by atoms with Crippen LogP contribution in [0.2, 0.25) is 0 Å². The van der Waals surface area contributed by atoms with Crippen molar-refractivity contribution < 1.29 is 8.42 Å². The molecular weight excluding hydrogens is 374 g/mol. The first kappa shape index (κ1) is 18.8. The number of aryl methyl sites for hydroxylation is 1.